The van der Waals surface area contributed by atoms with Crippen LogP contribution >= 0.6 is 11.6 Å². The Bertz CT molecular complexity index is 448. The molecular formula is C13H23ClN4O3. The molecule has 1 aromatic rings. The van der Waals surface area contributed by atoms with Crippen molar-refractivity contribution < 1.29 is 15.3 Å². The lowest BCUT2D eigenvalue weighted by Gasteiger charge is -2.14. The Morgan fingerprint density at radius 1 is 1.38 bits per heavy atom. The number of nitrogens with one attached hydrogen (secondary N) is 1. The molecule has 1 saturated carbocycles. The van der Waals surface area contributed by atoms with Crippen molar-refractivity contribution in [3.63, 3.8) is 0 Å². The highest BCUT2D eigenvalue weighted by molar-refractivity contribution is 6.32. The van der Waals surface area contributed by atoms with Crippen molar-refractivity contribution in [3.05, 3.63) is 11.5 Å². The second-order valence-electron chi connectivity index (χ2n) is 5.62. The van der Waals surface area contributed by atoms with E-state index in [1.165, 1.54) is 20.2 Å². The van der Waals surface area contributed by atoms with E-state index in [0.29, 0.717) is 23.5 Å². The van der Waals surface area contributed by atoms with Gasteiger partial charge in [0.2, 0.25) is 0 Å². The number of aliphatic hydroxyl groups excluding tert-OH is 1. The van der Waals surface area contributed by atoms with Gasteiger partial charge in [0.25, 0.3) is 0 Å². The third kappa shape index (κ3) is 6.90. The van der Waals surface area contributed by atoms with Gasteiger partial charge in [0, 0.05) is 12.6 Å². The van der Waals surface area contributed by atoms with Crippen LogP contribution < -0.4 is 11.1 Å². The maximum atomic E-state index is 9.05. The molecule has 1 fully saturated rings. The van der Waals surface area contributed by atoms with E-state index in [1.54, 1.807) is 0 Å². The first-order valence-electron chi connectivity index (χ1n) is 6.78. The van der Waals surface area contributed by atoms with Crippen LogP contribution in [0.1, 0.15) is 33.1 Å². The topological polar surface area (TPSA) is 125 Å². The van der Waals surface area contributed by atoms with Crippen LogP contribution in [0, 0.1) is 5.92 Å². The minimum Gasteiger partial charge on any atom is -0.396 e. The van der Waals surface area contributed by atoms with Crippen LogP contribution in [0.4, 0.5) is 11.5 Å². The van der Waals surface area contributed by atoms with Gasteiger partial charge in [-0.15, -0.1) is 0 Å². The minimum absolute atomic E-state index is 0.248. The van der Waals surface area contributed by atoms with Gasteiger partial charge in [-0.05, 0) is 39.0 Å². The van der Waals surface area contributed by atoms with Crippen molar-refractivity contribution in [2.24, 2.45) is 5.92 Å². The molecule has 1 aliphatic rings. The predicted molar refractivity (Wildman–Crippen MR) is 81.8 cm³/mol. The average molecular weight is 319 g/mol. The summed E-state index contributed by atoms with van der Waals surface area (Å²) in [6.07, 6.45) is 4.39. The number of aromatic nitrogens is 2. The lowest BCUT2D eigenvalue weighted by Crippen LogP contribution is -2.18. The molecule has 8 heteroatoms. The summed E-state index contributed by atoms with van der Waals surface area (Å²) in [5.41, 5.74) is 6.14. The van der Waals surface area contributed by atoms with Crippen LogP contribution in [0.5, 0.6) is 0 Å². The zero-order valence-corrected chi connectivity index (χ0v) is 13.0. The molecule has 0 amide bonds. The molecule has 2 unspecified atom stereocenters. The van der Waals surface area contributed by atoms with E-state index in [4.69, 9.17) is 32.7 Å². The van der Waals surface area contributed by atoms with Crippen LogP contribution in [0.15, 0.2) is 6.33 Å². The van der Waals surface area contributed by atoms with Crippen LogP contribution in [0.2, 0.25) is 5.15 Å². The van der Waals surface area contributed by atoms with E-state index in [9.17, 15) is 0 Å². The summed E-state index contributed by atoms with van der Waals surface area (Å²) in [6, 6.07) is 0.311. The van der Waals surface area contributed by atoms with Crippen molar-refractivity contribution in [2.75, 3.05) is 17.7 Å². The van der Waals surface area contributed by atoms with Gasteiger partial charge in [-0.3, -0.25) is 0 Å². The molecule has 120 valence electrons. The van der Waals surface area contributed by atoms with Gasteiger partial charge >= 0.3 is 0 Å². The molecule has 0 spiro atoms. The number of nitrogen functional groups attached to an aromatic ring is 1. The third-order valence-corrected chi connectivity index (χ3v) is 3.28. The standard InChI is InChI=1S/C10H15ClN4O.C3H8O2/c11-9-8(12)10(14-5-13-9)15-7-2-1-6(3-7)4-16;1-3(2,4)5/h5-7,16H,1-4,12H2,(H,13,14,15);4-5H,1-2H3. The van der Waals surface area contributed by atoms with Crippen molar-refractivity contribution in [3.8, 4) is 0 Å². The Kier molecular flexibility index (Phi) is 6.60. The number of rotatable bonds is 3. The Labute approximate surface area is 129 Å². The largest absolute Gasteiger partial charge is 0.396 e. The lowest BCUT2D eigenvalue weighted by molar-refractivity contribution is -0.127. The third-order valence-electron chi connectivity index (χ3n) is 2.98. The molecule has 0 saturated heterocycles. The van der Waals surface area contributed by atoms with E-state index in [0.717, 1.165) is 19.3 Å². The van der Waals surface area contributed by atoms with Gasteiger partial charge in [0.05, 0.1) is 0 Å². The highest BCUT2D eigenvalue weighted by Gasteiger charge is 2.24. The first kappa shape index (κ1) is 17.9. The minimum atomic E-state index is -1.50. The van der Waals surface area contributed by atoms with Gasteiger partial charge in [-0.1, -0.05) is 11.6 Å². The van der Waals surface area contributed by atoms with E-state index >= 15 is 0 Å². The number of aliphatic hydroxyl groups is 3. The summed E-state index contributed by atoms with van der Waals surface area (Å²) in [6.45, 7) is 2.85. The molecule has 7 nitrogen and oxygen atoms in total. The molecule has 0 aromatic carbocycles. The molecule has 21 heavy (non-hydrogen) atoms. The van der Waals surface area contributed by atoms with Crippen LogP contribution in [0.25, 0.3) is 0 Å². The fraction of sp³-hybridized carbons (Fsp3) is 0.692. The second-order valence-corrected chi connectivity index (χ2v) is 5.98. The second kappa shape index (κ2) is 7.74. The smallest absolute Gasteiger partial charge is 0.157 e. The quantitative estimate of drug-likeness (QED) is 0.416. The number of hydrogen-bond acceptors (Lipinski definition) is 7. The maximum absolute atomic E-state index is 9.05. The maximum Gasteiger partial charge on any atom is 0.157 e. The first-order chi connectivity index (χ1) is 9.70. The van der Waals surface area contributed by atoms with Crippen LogP contribution in [-0.4, -0.2) is 43.7 Å². The summed E-state index contributed by atoms with van der Waals surface area (Å²) in [4.78, 5) is 7.85. The zero-order valence-electron chi connectivity index (χ0n) is 12.3. The number of halogens is 1. The van der Waals surface area contributed by atoms with Gasteiger partial charge in [0.15, 0.2) is 16.8 Å². The lowest BCUT2D eigenvalue weighted by atomic mass is 10.1. The van der Waals surface area contributed by atoms with E-state index < -0.39 is 5.79 Å². The SMILES string of the molecule is CC(C)(O)O.Nc1c(Cl)ncnc1NC1CCC(CO)C1. The predicted octanol–water partition coefficient (Wildman–Crippen LogP) is 0.992. The summed E-state index contributed by atoms with van der Waals surface area (Å²) < 4.78 is 0. The molecule has 1 aromatic heterocycles. The summed E-state index contributed by atoms with van der Waals surface area (Å²) in [7, 11) is 0. The molecule has 2 rings (SSSR count). The summed E-state index contributed by atoms with van der Waals surface area (Å²) >= 11 is 5.80. The Morgan fingerprint density at radius 3 is 2.52 bits per heavy atom. The molecule has 1 heterocycles. The molecule has 0 bridgehead atoms. The van der Waals surface area contributed by atoms with E-state index in [2.05, 4.69) is 15.3 Å². The van der Waals surface area contributed by atoms with Crippen molar-refractivity contribution >= 4 is 23.1 Å². The molecule has 0 radical (unpaired) electrons. The number of nitrogens with zero attached hydrogens (tertiary/aromatic N) is 2. The van der Waals surface area contributed by atoms with Crippen molar-refractivity contribution in [2.45, 2.75) is 44.9 Å². The van der Waals surface area contributed by atoms with E-state index in [-0.39, 0.29) is 11.8 Å². The number of hydrogen-bond donors (Lipinski definition) is 5. The number of nitrogens with two attached hydrogens (primary N) is 1. The average Bonchev–Trinajstić information content (AvgIpc) is 2.81. The van der Waals surface area contributed by atoms with Crippen molar-refractivity contribution in [1.82, 2.24) is 9.97 Å². The fourth-order valence-electron chi connectivity index (χ4n) is 2.05. The highest BCUT2D eigenvalue weighted by atomic mass is 35.5. The number of anilines is 2. The molecular weight excluding hydrogens is 296 g/mol. The fourth-order valence-corrected chi connectivity index (χ4v) is 2.19. The van der Waals surface area contributed by atoms with Crippen LogP contribution in [-0.2, 0) is 0 Å². The molecule has 1 aliphatic carbocycles. The monoisotopic (exact) mass is 318 g/mol. The van der Waals surface area contributed by atoms with Gasteiger partial charge in [0.1, 0.15) is 12.0 Å². The Balaban J connectivity index is 0.000000383. The zero-order chi connectivity index (χ0) is 16.0. The van der Waals surface area contributed by atoms with Crippen LogP contribution in [0.3, 0.4) is 0 Å². The summed E-state index contributed by atoms with van der Waals surface area (Å²) in [5.74, 6) is -0.528. The van der Waals surface area contributed by atoms with Gasteiger partial charge < -0.3 is 26.4 Å². The normalized spacial score (nSPS) is 21.6. The molecule has 2 atom stereocenters. The van der Waals surface area contributed by atoms with Gasteiger partial charge in [-0.25, -0.2) is 9.97 Å². The Hall–Kier alpha value is -1.15. The van der Waals surface area contributed by atoms with E-state index in [1.807, 2.05) is 0 Å². The summed E-state index contributed by atoms with van der Waals surface area (Å²) in [5, 5.41) is 28.7. The molecule has 0 aliphatic heterocycles. The highest BCUT2D eigenvalue weighted by Crippen LogP contribution is 2.30. The van der Waals surface area contributed by atoms with Gasteiger partial charge in [-0.2, -0.15) is 0 Å². The first-order valence-corrected chi connectivity index (χ1v) is 7.16. The van der Waals surface area contributed by atoms with Crippen molar-refractivity contribution in [1.29, 1.82) is 0 Å². The Morgan fingerprint density at radius 2 is 2.00 bits per heavy atom. The molecule has 6 N–H and O–H groups in total.